The molecule has 3 heteroatoms. The average molecular weight is 930 g/mol. The van der Waals surface area contributed by atoms with E-state index in [0.717, 1.165) is 61.6 Å². The molecule has 0 saturated heterocycles. The van der Waals surface area contributed by atoms with E-state index in [2.05, 4.69) is 290 Å². The molecule has 3 nitrogen and oxygen atoms in total. The van der Waals surface area contributed by atoms with Gasteiger partial charge in [-0.2, -0.15) is 0 Å². The zero-order chi connectivity index (χ0) is 48.5. The van der Waals surface area contributed by atoms with Gasteiger partial charge in [-0.05, 0) is 121 Å². The highest BCUT2D eigenvalue weighted by atomic mass is 15.0. The van der Waals surface area contributed by atoms with Crippen LogP contribution in [-0.2, 0) is 0 Å². The summed E-state index contributed by atoms with van der Waals surface area (Å²) in [6, 6.07) is 102. The summed E-state index contributed by atoms with van der Waals surface area (Å²) < 4.78 is 2.37. The second kappa shape index (κ2) is 18.9. The summed E-state index contributed by atoms with van der Waals surface area (Å²) in [6.07, 6.45) is 0. The van der Waals surface area contributed by atoms with E-state index < -0.39 is 0 Å². The molecule has 0 aliphatic carbocycles. The van der Waals surface area contributed by atoms with Crippen molar-refractivity contribution < 1.29 is 0 Å². The molecule has 0 fully saturated rings. The van der Waals surface area contributed by atoms with Gasteiger partial charge >= 0.3 is 0 Å². The molecule has 0 atom stereocenters. The van der Waals surface area contributed by atoms with Crippen LogP contribution in [0.3, 0.4) is 0 Å². The van der Waals surface area contributed by atoms with E-state index >= 15 is 0 Å². The van der Waals surface area contributed by atoms with Crippen LogP contribution >= 0.6 is 0 Å². The highest BCUT2D eigenvalue weighted by Gasteiger charge is 2.16. The topological polar surface area (TPSA) is 30.7 Å². The van der Waals surface area contributed by atoms with E-state index in [-0.39, 0.29) is 0 Å². The molecule has 0 radical (unpaired) electrons. The first-order valence-electron chi connectivity index (χ1n) is 24.9. The lowest BCUT2D eigenvalue weighted by molar-refractivity contribution is 1.18. The van der Waals surface area contributed by atoms with E-state index in [9.17, 15) is 0 Å². The molecule has 13 aromatic rings. The zero-order valence-electron chi connectivity index (χ0n) is 40.0. The molecule has 0 N–H and O–H groups in total. The summed E-state index contributed by atoms with van der Waals surface area (Å²) in [4.78, 5) is 10.6. The SMILES string of the molecule is c1ccc(-c2cccc(-c3ccc(-c4cc(-c5cccc(-c6cccc(-n7c8ccccc8c8ccccc87)c6)c5)nc(-c5ccc(-c6cccc(-c7cccc(-c8ccccc8)c7)c6)cc5)n4)cc3)c2)cc1. The Bertz CT molecular complexity index is 4060. The molecule has 0 bridgehead atoms. The Hall–Kier alpha value is -9.70. The Balaban J connectivity index is 0.865. The number of fused-ring (bicyclic) bond motifs is 3. The van der Waals surface area contributed by atoms with Gasteiger partial charge in [-0.15, -0.1) is 0 Å². The quantitative estimate of drug-likeness (QED) is 0.137. The van der Waals surface area contributed by atoms with Crippen LogP contribution in [0.2, 0.25) is 0 Å². The van der Waals surface area contributed by atoms with Crippen LogP contribution < -0.4 is 0 Å². The maximum Gasteiger partial charge on any atom is 0.160 e. The van der Waals surface area contributed by atoms with Gasteiger partial charge in [0.05, 0.1) is 22.4 Å². The number of aromatic nitrogens is 3. The van der Waals surface area contributed by atoms with Crippen molar-refractivity contribution in [1.29, 1.82) is 0 Å². The van der Waals surface area contributed by atoms with Crippen LogP contribution in [0.25, 0.3) is 128 Å². The van der Waals surface area contributed by atoms with Gasteiger partial charge in [0.2, 0.25) is 0 Å². The summed E-state index contributed by atoms with van der Waals surface area (Å²) >= 11 is 0. The number of benzene rings is 11. The third kappa shape index (κ3) is 8.60. The normalized spacial score (nSPS) is 11.3. The van der Waals surface area contributed by atoms with Gasteiger partial charge in [-0.25, -0.2) is 9.97 Å². The van der Waals surface area contributed by atoms with Crippen molar-refractivity contribution in [2.75, 3.05) is 0 Å². The highest BCUT2D eigenvalue weighted by Crippen LogP contribution is 2.37. The van der Waals surface area contributed by atoms with Gasteiger partial charge in [-0.1, -0.05) is 231 Å². The number of rotatable bonds is 10. The number of hydrogen-bond acceptors (Lipinski definition) is 2. The molecule has 0 amide bonds. The lowest BCUT2D eigenvalue weighted by atomic mass is 9.96. The Labute approximate surface area is 425 Å². The predicted molar refractivity (Wildman–Crippen MR) is 305 cm³/mol. The monoisotopic (exact) mass is 929 g/mol. The standard InChI is InChI=1S/C70H47N3/c1-3-16-48(17-4-1)54-20-11-22-56(42-54)50-34-38-52(39-35-50)66-47-67(62-28-14-26-60(45-62)61-27-15-29-63(46-61)73-68-32-9-7-30-64(68)65-31-8-10-33-69(65)73)72-70(71-66)53-40-36-51(37-41-53)57-23-13-25-59(44-57)58-24-12-21-55(43-58)49-18-5-2-6-19-49/h1-47H. The van der Waals surface area contributed by atoms with E-state index in [1.807, 2.05) is 0 Å². The number of hydrogen-bond donors (Lipinski definition) is 0. The zero-order valence-corrected chi connectivity index (χ0v) is 40.0. The smallest absolute Gasteiger partial charge is 0.160 e. The third-order valence-corrected chi connectivity index (χ3v) is 14.0. The minimum atomic E-state index is 0.670. The number of nitrogens with zero attached hydrogens (tertiary/aromatic N) is 3. The molecule has 11 aromatic carbocycles. The van der Waals surface area contributed by atoms with Crippen LogP contribution in [0.15, 0.2) is 285 Å². The van der Waals surface area contributed by atoms with Crippen molar-refractivity contribution in [1.82, 2.24) is 14.5 Å². The van der Waals surface area contributed by atoms with Gasteiger partial charge in [0.15, 0.2) is 5.82 Å². The fraction of sp³-hybridized carbons (Fsp3) is 0. The van der Waals surface area contributed by atoms with E-state index in [1.54, 1.807) is 0 Å². The summed E-state index contributed by atoms with van der Waals surface area (Å²) in [5.41, 5.74) is 22.2. The van der Waals surface area contributed by atoms with Gasteiger partial charge in [0.25, 0.3) is 0 Å². The molecule has 342 valence electrons. The summed E-state index contributed by atoms with van der Waals surface area (Å²) in [5.74, 6) is 0.670. The van der Waals surface area contributed by atoms with Gasteiger partial charge < -0.3 is 4.57 Å². The Morgan fingerprint density at radius 1 is 0.205 bits per heavy atom. The predicted octanol–water partition coefficient (Wildman–Crippen LogP) is 18.6. The lowest BCUT2D eigenvalue weighted by Gasteiger charge is -2.13. The van der Waals surface area contributed by atoms with E-state index in [1.165, 1.54) is 60.8 Å². The maximum absolute atomic E-state index is 5.34. The molecule has 0 spiro atoms. The van der Waals surface area contributed by atoms with Crippen molar-refractivity contribution in [3.8, 4) is 106 Å². The highest BCUT2D eigenvalue weighted by molar-refractivity contribution is 6.09. The Kier molecular flexibility index (Phi) is 11.2. The maximum atomic E-state index is 5.34. The molecule has 2 aromatic heterocycles. The van der Waals surface area contributed by atoms with Gasteiger partial charge in [0.1, 0.15) is 0 Å². The molecule has 0 aliphatic heterocycles. The summed E-state index contributed by atoms with van der Waals surface area (Å²) in [5, 5.41) is 2.50. The first-order chi connectivity index (χ1) is 36.1. The molecule has 0 aliphatic rings. The molecule has 0 unspecified atom stereocenters. The molecular formula is C70H47N3. The third-order valence-electron chi connectivity index (χ3n) is 14.0. The molecule has 2 heterocycles. The second-order valence-electron chi connectivity index (χ2n) is 18.6. The molecule has 13 rings (SSSR count). The molecular weight excluding hydrogens is 883 g/mol. The largest absolute Gasteiger partial charge is 0.309 e. The summed E-state index contributed by atoms with van der Waals surface area (Å²) in [6.45, 7) is 0. The first-order valence-corrected chi connectivity index (χ1v) is 24.9. The van der Waals surface area contributed by atoms with Crippen LogP contribution in [-0.4, -0.2) is 14.5 Å². The lowest BCUT2D eigenvalue weighted by Crippen LogP contribution is -1.96. The summed E-state index contributed by atoms with van der Waals surface area (Å²) in [7, 11) is 0. The van der Waals surface area contributed by atoms with E-state index in [0.29, 0.717) is 5.82 Å². The Morgan fingerprint density at radius 3 is 1.00 bits per heavy atom. The minimum absolute atomic E-state index is 0.670. The molecule has 0 saturated carbocycles. The van der Waals surface area contributed by atoms with E-state index in [4.69, 9.17) is 9.97 Å². The van der Waals surface area contributed by atoms with Crippen LogP contribution in [0.5, 0.6) is 0 Å². The van der Waals surface area contributed by atoms with Crippen molar-refractivity contribution >= 4 is 21.8 Å². The fourth-order valence-electron chi connectivity index (χ4n) is 10.3. The molecule has 73 heavy (non-hydrogen) atoms. The van der Waals surface area contributed by atoms with Crippen LogP contribution in [0.1, 0.15) is 0 Å². The second-order valence-corrected chi connectivity index (χ2v) is 18.6. The number of para-hydroxylation sites is 2. The van der Waals surface area contributed by atoms with Crippen molar-refractivity contribution in [2.45, 2.75) is 0 Å². The van der Waals surface area contributed by atoms with Crippen molar-refractivity contribution in [2.24, 2.45) is 0 Å². The minimum Gasteiger partial charge on any atom is -0.309 e. The van der Waals surface area contributed by atoms with Crippen LogP contribution in [0.4, 0.5) is 0 Å². The van der Waals surface area contributed by atoms with Gasteiger partial charge in [-0.3, -0.25) is 0 Å². The van der Waals surface area contributed by atoms with Gasteiger partial charge in [0, 0.05) is 33.2 Å². The van der Waals surface area contributed by atoms with Crippen molar-refractivity contribution in [3.63, 3.8) is 0 Å². The Morgan fingerprint density at radius 2 is 0.521 bits per heavy atom. The first kappa shape index (κ1) is 43.3. The fourth-order valence-corrected chi connectivity index (χ4v) is 10.3. The average Bonchev–Trinajstić information content (AvgIpc) is 3.82. The van der Waals surface area contributed by atoms with Crippen LogP contribution in [0, 0.1) is 0 Å². The van der Waals surface area contributed by atoms with Crippen molar-refractivity contribution in [3.05, 3.63) is 285 Å².